The minimum Gasteiger partial charge on any atom is -0.462 e. The molecule has 0 saturated carbocycles. The van der Waals surface area contributed by atoms with Crippen molar-refractivity contribution in [2.75, 3.05) is 19.8 Å². The van der Waals surface area contributed by atoms with E-state index < -0.39 is 6.10 Å². The Kier molecular flexibility index (Phi) is 58.3. The molecule has 1 atom stereocenters. The Labute approximate surface area is 426 Å². The van der Waals surface area contributed by atoms with E-state index in [2.05, 4.69) is 45.1 Å². The summed E-state index contributed by atoms with van der Waals surface area (Å²) in [7, 11) is 0. The summed E-state index contributed by atoms with van der Waals surface area (Å²) in [5, 5.41) is 0. The maximum Gasteiger partial charge on any atom is 0.306 e. The number of esters is 2. The smallest absolute Gasteiger partial charge is 0.306 e. The van der Waals surface area contributed by atoms with E-state index in [4.69, 9.17) is 14.2 Å². The molecule has 0 heterocycles. The third-order valence-corrected chi connectivity index (χ3v) is 14.0. The first-order chi connectivity index (χ1) is 33.6. The largest absolute Gasteiger partial charge is 0.462 e. The van der Waals surface area contributed by atoms with Crippen LogP contribution in [0.1, 0.15) is 342 Å². The lowest BCUT2D eigenvalue weighted by molar-refractivity contribution is -0.163. The zero-order valence-electron chi connectivity index (χ0n) is 46.4. The summed E-state index contributed by atoms with van der Waals surface area (Å²) < 4.78 is 17.5. The normalized spacial score (nSPS) is 12.2. The van der Waals surface area contributed by atoms with E-state index >= 15 is 0 Å². The van der Waals surface area contributed by atoms with Crippen molar-refractivity contribution in [3.05, 3.63) is 24.3 Å². The summed E-state index contributed by atoms with van der Waals surface area (Å²) in [5.41, 5.74) is 0. The molecule has 0 saturated heterocycles. The van der Waals surface area contributed by atoms with E-state index in [9.17, 15) is 9.59 Å². The number of rotatable bonds is 58. The molecular weight excluding hydrogens is 837 g/mol. The maximum atomic E-state index is 12.9. The van der Waals surface area contributed by atoms with Gasteiger partial charge in [-0.1, -0.05) is 283 Å². The highest BCUT2D eigenvalue weighted by atomic mass is 16.6. The zero-order chi connectivity index (χ0) is 49.2. The van der Waals surface area contributed by atoms with Gasteiger partial charge in [0.25, 0.3) is 0 Å². The summed E-state index contributed by atoms with van der Waals surface area (Å²) in [5.74, 6) is -0.380. The third-order valence-electron chi connectivity index (χ3n) is 14.0. The van der Waals surface area contributed by atoms with Crippen LogP contribution >= 0.6 is 0 Å². The number of allylic oxidation sites excluding steroid dienone is 4. The molecule has 0 aromatic heterocycles. The van der Waals surface area contributed by atoms with E-state index in [1.165, 1.54) is 276 Å². The first-order valence-corrected chi connectivity index (χ1v) is 30.9. The second-order valence-electron chi connectivity index (χ2n) is 21.0. The number of unbranched alkanes of at least 4 members (excludes halogenated alkanes) is 43. The van der Waals surface area contributed by atoms with Crippen LogP contribution in [0.5, 0.6) is 0 Å². The van der Waals surface area contributed by atoms with Crippen molar-refractivity contribution in [2.24, 2.45) is 0 Å². The zero-order valence-corrected chi connectivity index (χ0v) is 46.4. The maximum absolute atomic E-state index is 12.9. The van der Waals surface area contributed by atoms with E-state index in [-0.39, 0.29) is 18.5 Å². The molecule has 0 aromatic carbocycles. The Morgan fingerprint density at radius 2 is 0.574 bits per heavy atom. The highest BCUT2D eigenvalue weighted by Gasteiger charge is 2.18. The molecule has 5 nitrogen and oxygen atoms in total. The lowest BCUT2D eigenvalue weighted by atomic mass is 10.0. The Morgan fingerprint density at radius 1 is 0.309 bits per heavy atom. The first kappa shape index (κ1) is 66.4. The molecule has 0 bridgehead atoms. The van der Waals surface area contributed by atoms with Gasteiger partial charge in [-0.05, 0) is 70.6 Å². The van der Waals surface area contributed by atoms with E-state index in [1.54, 1.807) is 0 Å². The highest BCUT2D eigenvalue weighted by Crippen LogP contribution is 2.17. The monoisotopic (exact) mass is 957 g/mol. The van der Waals surface area contributed by atoms with Crippen LogP contribution in [0.2, 0.25) is 0 Å². The van der Waals surface area contributed by atoms with Crippen molar-refractivity contribution >= 4 is 11.9 Å². The van der Waals surface area contributed by atoms with Crippen LogP contribution in [0.15, 0.2) is 24.3 Å². The van der Waals surface area contributed by atoms with Gasteiger partial charge in [0.05, 0.1) is 6.61 Å². The minimum absolute atomic E-state index is 0.0897. The van der Waals surface area contributed by atoms with Gasteiger partial charge in [0.2, 0.25) is 0 Å². The standard InChI is InChI=1S/C63H120O5/c1-4-7-10-13-16-19-22-25-28-31-32-34-36-39-42-45-48-51-54-57-63(65)68-61(59-66-58-55-52-49-46-43-40-37-30-27-24-21-18-15-12-9-6-3)60-67-62(64)56-53-50-47-44-41-38-35-33-29-26-23-20-17-14-11-8-5-2/h25-26,28-29,61H,4-24,27,30-60H2,1-3H3/b28-25-,29-26-/t61-/m1/s1. The van der Waals surface area contributed by atoms with Crippen molar-refractivity contribution in [1.82, 2.24) is 0 Å². The number of hydrogen-bond donors (Lipinski definition) is 0. The summed E-state index contributed by atoms with van der Waals surface area (Å²) in [6.07, 6.45) is 72.0. The average molecular weight is 958 g/mol. The molecule has 0 rings (SSSR count). The van der Waals surface area contributed by atoms with Crippen LogP contribution in [0, 0.1) is 0 Å². The van der Waals surface area contributed by atoms with Crippen molar-refractivity contribution in [2.45, 2.75) is 348 Å². The summed E-state index contributed by atoms with van der Waals surface area (Å²) in [4.78, 5) is 25.6. The molecule has 0 amide bonds. The fourth-order valence-electron chi connectivity index (χ4n) is 9.33. The van der Waals surface area contributed by atoms with Gasteiger partial charge in [0, 0.05) is 19.4 Å². The second-order valence-corrected chi connectivity index (χ2v) is 21.0. The lowest BCUT2D eigenvalue weighted by Crippen LogP contribution is -2.30. The van der Waals surface area contributed by atoms with Crippen LogP contribution in [-0.4, -0.2) is 37.9 Å². The summed E-state index contributed by atoms with van der Waals surface area (Å²) in [6, 6.07) is 0. The summed E-state index contributed by atoms with van der Waals surface area (Å²) >= 11 is 0. The fraction of sp³-hybridized carbons (Fsp3) is 0.905. The fourth-order valence-corrected chi connectivity index (χ4v) is 9.33. The van der Waals surface area contributed by atoms with Gasteiger partial charge in [-0.2, -0.15) is 0 Å². The molecule has 0 aromatic rings. The van der Waals surface area contributed by atoms with E-state index in [1.807, 2.05) is 0 Å². The van der Waals surface area contributed by atoms with Crippen LogP contribution in [0.3, 0.4) is 0 Å². The van der Waals surface area contributed by atoms with Gasteiger partial charge in [-0.3, -0.25) is 9.59 Å². The van der Waals surface area contributed by atoms with Gasteiger partial charge in [-0.25, -0.2) is 0 Å². The molecule has 0 aliphatic rings. The van der Waals surface area contributed by atoms with Crippen LogP contribution < -0.4 is 0 Å². The SMILES string of the molecule is CCCCCCCC/C=C\CCCCCCCCCCCC(=O)O[C@H](COCCCCCCCCCCCCCCCCCC)COC(=O)CCCCCCCCC/C=C\CCCCCCCC. The van der Waals surface area contributed by atoms with Crippen molar-refractivity contribution in [3.8, 4) is 0 Å². The molecular formula is C63H120O5. The van der Waals surface area contributed by atoms with Gasteiger partial charge in [0.15, 0.2) is 6.10 Å². The van der Waals surface area contributed by atoms with Gasteiger partial charge < -0.3 is 14.2 Å². The Morgan fingerprint density at radius 3 is 0.897 bits per heavy atom. The molecule has 5 heteroatoms. The summed E-state index contributed by atoms with van der Waals surface area (Å²) in [6.45, 7) is 7.89. The number of carbonyl (C=O) groups excluding carboxylic acids is 2. The quantitative estimate of drug-likeness (QED) is 0.0345. The Bertz CT molecular complexity index is 1040. The molecule has 0 radical (unpaired) electrons. The highest BCUT2D eigenvalue weighted by molar-refractivity contribution is 5.70. The van der Waals surface area contributed by atoms with Gasteiger partial charge >= 0.3 is 11.9 Å². The molecule has 0 aliphatic heterocycles. The van der Waals surface area contributed by atoms with E-state index in [0.29, 0.717) is 26.1 Å². The third kappa shape index (κ3) is 57.0. The number of carbonyl (C=O) groups is 2. The average Bonchev–Trinajstić information content (AvgIpc) is 3.34. The van der Waals surface area contributed by atoms with Crippen LogP contribution in [0.25, 0.3) is 0 Å². The van der Waals surface area contributed by atoms with Crippen LogP contribution in [-0.2, 0) is 23.8 Å². The van der Waals surface area contributed by atoms with Crippen LogP contribution in [0.4, 0.5) is 0 Å². The molecule has 402 valence electrons. The predicted octanol–water partition coefficient (Wildman–Crippen LogP) is 21.1. The van der Waals surface area contributed by atoms with Gasteiger partial charge in [0.1, 0.15) is 6.61 Å². The van der Waals surface area contributed by atoms with Crippen molar-refractivity contribution in [3.63, 3.8) is 0 Å². The molecule has 68 heavy (non-hydrogen) atoms. The predicted molar refractivity (Wildman–Crippen MR) is 298 cm³/mol. The molecule has 0 spiro atoms. The number of ether oxygens (including phenoxy) is 3. The van der Waals surface area contributed by atoms with Crippen molar-refractivity contribution < 1.29 is 23.8 Å². The molecule has 0 unspecified atom stereocenters. The lowest BCUT2D eigenvalue weighted by Gasteiger charge is -2.18. The van der Waals surface area contributed by atoms with E-state index in [0.717, 1.165) is 32.1 Å². The first-order valence-electron chi connectivity index (χ1n) is 30.9. The second kappa shape index (κ2) is 59.7. The molecule has 0 aliphatic carbocycles. The molecule has 0 N–H and O–H groups in total. The van der Waals surface area contributed by atoms with Crippen molar-refractivity contribution in [1.29, 1.82) is 0 Å². The van der Waals surface area contributed by atoms with Gasteiger partial charge in [-0.15, -0.1) is 0 Å². The topological polar surface area (TPSA) is 61.8 Å². The molecule has 0 fully saturated rings. The number of hydrogen-bond acceptors (Lipinski definition) is 5. The minimum atomic E-state index is -0.534. The Balaban J connectivity index is 4.23. The Hall–Kier alpha value is -1.62.